The monoisotopic (exact) mass is 351 g/mol. The fourth-order valence-corrected chi connectivity index (χ4v) is 2.74. The lowest BCUT2D eigenvalue weighted by Crippen LogP contribution is -2.56. The zero-order valence-electron chi connectivity index (χ0n) is 13.9. The first-order chi connectivity index (χ1) is 11.2. The van der Waals surface area contributed by atoms with E-state index in [0.29, 0.717) is 13.1 Å². The number of aryl methyl sites for hydroxylation is 1. The lowest BCUT2D eigenvalue weighted by molar-refractivity contribution is -0.138. The van der Waals surface area contributed by atoms with Crippen molar-refractivity contribution in [3.05, 3.63) is 48.6 Å². The zero-order valence-corrected chi connectivity index (χ0v) is 14.7. The highest BCUT2D eigenvalue weighted by atomic mass is 35.5. The number of piperazine rings is 1. The van der Waals surface area contributed by atoms with Gasteiger partial charge in [-0.05, 0) is 18.4 Å². The van der Waals surface area contributed by atoms with Crippen molar-refractivity contribution < 1.29 is 9.59 Å². The van der Waals surface area contributed by atoms with E-state index in [1.54, 1.807) is 6.08 Å². The fraction of sp³-hybridized carbons (Fsp3) is 0.444. The average molecular weight is 352 g/mol. The highest BCUT2D eigenvalue weighted by Crippen LogP contribution is 2.08. The summed E-state index contributed by atoms with van der Waals surface area (Å²) in [6.07, 6.45) is 3.71. The van der Waals surface area contributed by atoms with Gasteiger partial charge >= 0.3 is 0 Å². The Hall–Kier alpha value is -1.85. The van der Waals surface area contributed by atoms with Crippen LogP contribution in [-0.4, -0.2) is 48.9 Å². The fourth-order valence-electron chi connectivity index (χ4n) is 2.74. The molecule has 2 amide bonds. The first-order valence-electron chi connectivity index (χ1n) is 8.14. The van der Waals surface area contributed by atoms with E-state index >= 15 is 0 Å². The number of carbonyl (C=O) groups excluding carboxylic acids is 2. The van der Waals surface area contributed by atoms with Crippen LogP contribution in [0.2, 0.25) is 0 Å². The molecule has 1 unspecified atom stereocenters. The maximum absolute atomic E-state index is 12.4. The van der Waals surface area contributed by atoms with Crippen molar-refractivity contribution in [2.45, 2.75) is 25.3 Å². The summed E-state index contributed by atoms with van der Waals surface area (Å²) in [5.41, 5.74) is 1.29. The molecule has 2 rings (SSSR count). The zero-order chi connectivity index (χ0) is 16.5. The maximum Gasteiger partial charge on any atom is 0.240 e. The molecule has 0 spiro atoms. The number of nitrogens with one attached hydrogen (secondary N) is 2. The van der Waals surface area contributed by atoms with E-state index in [4.69, 9.17) is 0 Å². The molecule has 5 nitrogen and oxygen atoms in total. The molecule has 1 heterocycles. The second-order valence-electron chi connectivity index (χ2n) is 5.72. The van der Waals surface area contributed by atoms with Gasteiger partial charge in [0, 0.05) is 26.2 Å². The topological polar surface area (TPSA) is 61.4 Å². The number of nitrogens with zero attached hydrogens (tertiary/aromatic N) is 1. The molecule has 1 aliphatic heterocycles. The minimum atomic E-state index is -0.412. The standard InChI is InChI=1S/C18H25N3O2.ClH/c1-2-10-20-17(22)14-16-18(23)21(13-11-19-16)12-6-9-15-7-4-3-5-8-15;/h2-5,7-8,16,19H,1,6,9-14H2,(H,20,22);1H. The number of halogens is 1. The molecule has 0 radical (unpaired) electrons. The van der Waals surface area contributed by atoms with E-state index in [9.17, 15) is 9.59 Å². The highest BCUT2D eigenvalue weighted by Gasteiger charge is 2.29. The van der Waals surface area contributed by atoms with Gasteiger partial charge in [-0.1, -0.05) is 36.4 Å². The molecule has 0 bridgehead atoms. The van der Waals surface area contributed by atoms with Crippen molar-refractivity contribution in [1.29, 1.82) is 0 Å². The third kappa shape index (κ3) is 6.34. The third-order valence-corrected chi connectivity index (χ3v) is 3.95. The van der Waals surface area contributed by atoms with E-state index < -0.39 is 6.04 Å². The Balaban J connectivity index is 0.00000288. The number of amides is 2. The molecule has 0 aromatic heterocycles. The molecule has 24 heavy (non-hydrogen) atoms. The van der Waals surface area contributed by atoms with Crippen LogP contribution in [0.4, 0.5) is 0 Å². The van der Waals surface area contributed by atoms with Crippen LogP contribution in [0.5, 0.6) is 0 Å². The summed E-state index contributed by atoms with van der Waals surface area (Å²) in [4.78, 5) is 26.1. The Morgan fingerprint density at radius 1 is 1.38 bits per heavy atom. The molecular formula is C18H26ClN3O2. The summed E-state index contributed by atoms with van der Waals surface area (Å²) in [6.45, 7) is 6.17. The number of hydrogen-bond acceptors (Lipinski definition) is 3. The van der Waals surface area contributed by atoms with E-state index in [1.165, 1.54) is 5.56 Å². The van der Waals surface area contributed by atoms with Gasteiger partial charge in [0.15, 0.2) is 0 Å². The van der Waals surface area contributed by atoms with Crippen LogP contribution in [0.15, 0.2) is 43.0 Å². The second-order valence-corrected chi connectivity index (χ2v) is 5.72. The minimum Gasteiger partial charge on any atom is -0.353 e. The number of carbonyl (C=O) groups is 2. The molecule has 0 aliphatic carbocycles. The van der Waals surface area contributed by atoms with E-state index in [2.05, 4.69) is 29.3 Å². The molecule has 0 saturated carbocycles. The summed E-state index contributed by atoms with van der Waals surface area (Å²) in [6, 6.07) is 9.86. The molecule has 1 fully saturated rings. The summed E-state index contributed by atoms with van der Waals surface area (Å²) in [5, 5.41) is 5.85. The third-order valence-electron chi connectivity index (χ3n) is 3.95. The Morgan fingerprint density at radius 3 is 2.83 bits per heavy atom. The van der Waals surface area contributed by atoms with Crippen molar-refractivity contribution in [2.24, 2.45) is 0 Å². The van der Waals surface area contributed by atoms with Crippen LogP contribution in [0.1, 0.15) is 18.4 Å². The lowest BCUT2D eigenvalue weighted by Gasteiger charge is -2.33. The SMILES string of the molecule is C=CCNC(=O)CC1NCCN(CCCc2ccccc2)C1=O.Cl. The van der Waals surface area contributed by atoms with E-state index in [0.717, 1.165) is 25.9 Å². The normalized spacial score (nSPS) is 17.1. The van der Waals surface area contributed by atoms with Gasteiger partial charge in [0.25, 0.3) is 0 Å². The maximum atomic E-state index is 12.4. The van der Waals surface area contributed by atoms with Crippen molar-refractivity contribution in [3.8, 4) is 0 Å². The lowest BCUT2D eigenvalue weighted by atomic mass is 10.1. The van der Waals surface area contributed by atoms with Crippen LogP contribution in [0.25, 0.3) is 0 Å². The Bertz CT molecular complexity index is 536. The van der Waals surface area contributed by atoms with Gasteiger partial charge in [0.2, 0.25) is 11.8 Å². The molecule has 1 saturated heterocycles. The van der Waals surface area contributed by atoms with Crippen molar-refractivity contribution in [3.63, 3.8) is 0 Å². The van der Waals surface area contributed by atoms with Gasteiger partial charge < -0.3 is 15.5 Å². The van der Waals surface area contributed by atoms with Crippen molar-refractivity contribution >= 4 is 24.2 Å². The Morgan fingerprint density at radius 2 is 2.12 bits per heavy atom. The van der Waals surface area contributed by atoms with Crippen LogP contribution in [0, 0.1) is 0 Å². The van der Waals surface area contributed by atoms with Crippen LogP contribution >= 0.6 is 12.4 Å². The summed E-state index contributed by atoms with van der Waals surface area (Å²) >= 11 is 0. The summed E-state index contributed by atoms with van der Waals surface area (Å²) in [5.74, 6) is -0.0973. The van der Waals surface area contributed by atoms with E-state index in [1.807, 2.05) is 23.1 Å². The second kappa shape index (κ2) is 10.8. The summed E-state index contributed by atoms with van der Waals surface area (Å²) in [7, 11) is 0. The Labute approximate surface area is 149 Å². The molecule has 1 aromatic carbocycles. The summed E-state index contributed by atoms with van der Waals surface area (Å²) < 4.78 is 0. The molecule has 2 N–H and O–H groups in total. The van der Waals surface area contributed by atoms with Crippen LogP contribution in [-0.2, 0) is 16.0 Å². The number of benzene rings is 1. The molecule has 1 aromatic rings. The van der Waals surface area contributed by atoms with E-state index in [-0.39, 0.29) is 30.6 Å². The van der Waals surface area contributed by atoms with Gasteiger partial charge in [0.1, 0.15) is 0 Å². The van der Waals surface area contributed by atoms with Crippen LogP contribution in [0.3, 0.4) is 0 Å². The van der Waals surface area contributed by atoms with Gasteiger partial charge in [0.05, 0.1) is 12.5 Å². The number of rotatable bonds is 8. The van der Waals surface area contributed by atoms with Gasteiger partial charge in [-0.15, -0.1) is 19.0 Å². The van der Waals surface area contributed by atoms with Gasteiger partial charge in [-0.3, -0.25) is 9.59 Å². The molecule has 6 heteroatoms. The van der Waals surface area contributed by atoms with Gasteiger partial charge in [-0.25, -0.2) is 0 Å². The largest absolute Gasteiger partial charge is 0.353 e. The molecule has 1 atom stereocenters. The minimum absolute atomic E-state index is 0. The first-order valence-corrected chi connectivity index (χ1v) is 8.14. The predicted octanol–water partition coefficient (Wildman–Crippen LogP) is 1.53. The highest BCUT2D eigenvalue weighted by molar-refractivity contribution is 5.89. The first kappa shape index (κ1) is 20.2. The quantitative estimate of drug-likeness (QED) is 0.698. The predicted molar refractivity (Wildman–Crippen MR) is 98.2 cm³/mol. The smallest absolute Gasteiger partial charge is 0.240 e. The molecular weight excluding hydrogens is 326 g/mol. The van der Waals surface area contributed by atoms with Crippen molar-refractivity contribution in [1.82, 2.24) is 15.5 Å². The average Bonchev–Trinajstić information content (AvgIpc) is 2.57. The van der Waals surface area contributed by atoms with Crippen LogP contribution < -0.4 is 10.6 Å². The number of hydrogen-bond donors (Lipinski definition) is 2. The Kier molecular flexibility index (Phi) is 9.12. The van der Waals surface area contributed by atoms with Gasteiger partial charge in [-0.2, -0.15) is 0 Å². The molecule has 132 valence electrons. The molecule has 1 aliphatic rings. The van der Waals surface area contributed by atoms with Crippen molar-refractivity contribution in [2.75, 3.05) is 26.2 Å².